The maximum atomic E-state index is 5.58. The molecule has 1 spiro atoms. The molecule has 2 rings (SSSR count). The highest BCUT2D eigenvalue weighted by Gasteiger charge is 2.47. The fourth-order valence-corrected chi connectivity index (χ4v) is 2.16. The molecule has 0 bridgehead atoms. The summed E-state index contributed by atoms with van der Waals surface area (Å²) in [7, 11) is 0. The summed E-state index contributed by atoms with van der Waals surface area (Å²) in [5.74, 6) is 0.882. The molecule has 9 heavy (non-hydrogen) atoms. The number of hydrogen-bond acceptors (Lipinski definition) is 1. The van der Waals surface area contributed by atoms with E-state index >= 15 is 0 Å². The molecule has 2 fully saturated rings. The van der Waals surface area contributed by atoms with Crippen LogP contribution in [-0.2, 0) is 0 Å². The Labute approximate surface area is 56.6 Å². The van der Waals surface area contributed by atoms with Crippen molar-refractivity contribution in [3.63, 3.8) is 0 Å². The third-order valence-electron chi connectivity index (χ3n) is 3.10. The lowest BCUT2D eigenvalue weighted by Crippen LogP contribution is -2.10. The van der Waals surface area contributed by atoms with Gasteiger partial charge in [-0.15, -0.1) is 0 Å². The lowest BCUT2D eigenvalue weighted by atomic mass is 10.0. The first kappa shape index (κ1) is 5.72. The van der Waals surface area contributed by atoms with Crippen molar-refractivity contribution in [2.45, 2.75) is 32.1 Å². The first-order chi connectivity index (χ1) is 4.35. The Bertz CT molecular complexity index is 116. The summed E-state index contributed by atoms with van der Waals surface area (Å²) in [5, 5.41) is 0. The van der Waals surface area contributed by atoms with Crippen LogP contribution in [0.1, 0.15) is 32.1 Å². The van der Waals surface area contributed by atoms with Crippen molar-refractivity contribution in [1.29, 1.82) is 0 Å². The van der Waals surface area contributed by atoms with Crippen LogP contribution in [0.3, 0.4) is 0 Å². The van der Waals surface area contributed by atoms with E-state index in [1.807, 2.05) is 0 Å². The van der Waals surface area contributed by atoms with Gasteiger partial charge in [0.25, 0.3) is 0 Å². The van der Waals surface area contributed by atoms with E-state index in [4.69, 9.17) is 5.73 Å². The van der Waals surface area contributed by atoms with Crippen LogP contribution in [0.5, 0.6) is 0 Å². The molecular weight excluding hydrogens is 110 g/mol. The zero-order valence-electron chi connectivity index (χ0n) is 5.90. The Morgan fingerprint density at radius 2 is 2.11 bits per heavy atom. The second-order valence-corrected chi connectivity index (χ2v) is 3.84. The van der Waals surface area contributed by atoms with Gasteiger partial charge in [-0.1, -0.05) is 0 Å². The predicted octanol–water partition coefficient (Wildman–Crippen LogP) is 1.53. The van der Waals surface area contributed by atoms with Crippen LogP contribution < -0.4 is 5.73 Å². The monoisotopic (exact) mass is 125 g/mol. The van der Waals surface area contributed by atoms with Gasteiger partial charge in [-0.25, -0.2) is 0 Å². The molecule has 2 aliphatic carbocycles. The Balaban J connectivity index is 1.93. The van der Waals surface area contributed by atoms with E-state index in [9.17, 15) is 0 Å². The van der Waals surface area contributed by atoms with Crippen LogP contribution in [0.2, 0.25) is 0 Å². The molecule has 0 aliphatic heterocycles. The average molecular weight is 125 g/mol. The van der Waals surface area contributed by atoms with Gasteiger partial charge in [0.2, 0.25) is 0 Å². The fourth-order valence-electron chi connectivity index (χ4n) is 2.16. The highest BCUT2D eigenvalue weighted by atomic mass is 14.6. The Hall–Kier alpha value is -0.0400. The molecule has 1 unspecified atom stereocenters. The smallest absolute Gasteiger partial charge is 0.00487 e. The molecule has 0 heterocycles. The average Bonchev–Trinajstić information content (AvgIpc) is 2.44. The lowest BCUT2D eigenvalue weighted by molar-refractivity contribution is 0.484. The molecular formula is C8H15N. The van der Waals surface area contributed by atoms with Crippen LogP contribution in [0.25, 0.3) is 0 Å². The van der Waals surface area contributed by atoms with Gasteiger partial charge >= 0.3 is 0 Å². The van der Waals surface area contributed by atoms with E-state index in [0.29, 0.717) is 0 Å². The van der Waals surface area contributed by atoms with E-state index in [1.54, 1.807) is 0 Å². The Morgan fingerprint density at radius 3 is 2.44 bits per heavy atom. The topological polar surface area (TPSA) is 26.0 Å². The van der Waals surface area contributed by atoms with Crippen LogP contribution in [0, 0.1) is 11.3 Å². The summed E-state index contributed by atoms with van der Waals surface area (Å²) in [5.41, 5.74) is 6.42. The summed E-state index contributed by atoms with van der Waals surface area (Å²) in [6.07, 6.45) is 7.35. The van der Waals surface area contributed by atoms with Gasteiger partial charge in [0, 0.05) is 0 Å². The van der Waals surface area contributed by atoms with Gasteiger partial charge in [-0.2, -0.15) is 0 Å². The van der Waals surface area contributed by atoms with E-state index in [1.165, 1.54) is 32.1 Å². The van der Waals surface area contributed by atoms with Crippen molar-refractivity contribution >= 4 is 0 Å². The number of nitrogens with two attached hydrogens (primary N) is 1. The van der Waals surface area contributed by atoms with E-state index in [-0.39, 0.29) is 0 Å². The van der Waals surface area contributed by atoms with Gasteiger partial charge in [0.1, 0.15) is 0 Å². The Kier molecular flexibility index (Phi) is 1.10. The van der Waals surface area contributed by atoms with E-state index in [0.717, 1.165) is 17.9 Å². The molecule has 0 aromatic carbocycles. The molecule has 0 radical (unpaired) electrons. The molecule has 0 aromatic rings. The van der Waals surface area contributed by atoms with E-state index < -0.39 is 0 Å². The maximum Gasteiger partial charge on any atom is -0.00487 e. The normalized spacial score (nSPS) is 37.7. The first-order valence-corrected chi connectivity index (χ1v) is 4.05. The van der Waals surface area contributed by atoms with Gasteiger partial charge < -0.3 is 5.73 Å². The number of rotatable bonds is 1. The van der Waals surface area contributed by atoms with Crippen molar-refractivity contribution < 1.29 is 0 Å². The first-order valence-electron chi connectivity index (χ1n) is 4.05. The minimum absolute atomic E-state index is 0.837. The highest BCUT2D eigenvalue weighted by Crippen LogP contribution is 2.59. The fraction of sp³-hybridized carbons (Fsp3) is 1.00. The number of hydrogen-bond donors (Lipinski definition) is 1. The predicted molar refractivity (Wildman–Crippen MR) is 38.1 cm³/mol. The summed E-state index contributed by atoms with van der Waals surface area (Å²) in [6.45, 7) is 0.932. The zero-order valence-corrected chi connectivity index (χ0v) is 5.90. The molecule has 1 nitrogen and oxygen atoms in total. The van der Waals surface area contributed by atoms with Crippen LogP contribution in [0.4, 0.5) is 0 Å². The van der Waals surface area contributed by atoms with Crippen LogP contribution >= 0.6 is 0 Å². The summed E-state index contributed by atoms with van der Waals surface area (Å²) in [6, 6.07) is 0. The molecule has 2 aliphatic rings. The van der Waals surface area contributed by atoms with Gasteiger partial charge in [-0.05, 0) is 50.0 Å². The largest absolute Gasteiger partial charge is 0.330 e. The third kappa shape index (κ3) is 0.877. The quantitative estimate of drug-likeness (QED) is 0.565. The molecule has 1 atom stereocenters. The summed E-state index contributed by atoms with van der Waals surface area (Å²) in [4.78, 5) is 0. The second-order valence-electron chi connectivity index (χ2n) is 3.84. The molecule has 2 N–H and O–H groups in total. The van der Waals surface area contributed by atoms with Crippen LogP contribution in [-0.4, -0.2) is 6.54 Å². The minimum atomic E-state index is 0.837. The SMILES string of the molecule is NCC1CCC2(CC2)C1. The van der Waals surface area contributed by atoms with Gasteiger partial charge in [0.15, 0.2) is 0 Å². The van der Waals surface area contributed by atoms with Crippen molar-refractivity contribution in [3.8, 4) is 0 Å². The van der Waals surface area contributed by atoms with Crippen molar-refractivity contribution in [2.24, 2.45) is 17.1 Å². The Morgan fingerprint density at radius 1 is 1.33 bits per heavy atom. The minimum Gasteiger partial charge on any atom is -0.330 e. The summed E-state index contributed by atoms with van der Waals surface area (Å²) < 4.78 is 0. The van der Waals surface area contributed by atoms with E-state index in [2.05, 4.69) is 0 Å². The van der Waals surface area contributed by atoms with Crippen LogP contribution in [0.15, 0.2) is 0 Å². The zero-order chi connectivity index (χ0) is 6.32. The highest BCUT2D eigenvalue weighted by molar-refractivity contribution is 4.99. The molecule has 52 valence electrons. The molecule has 2 saturated carbocycles. The molecule has 1 heteroatoms. The molecule has 0 amide bonds. The lowest BCUT2D eigenvalue weighted by Gasteiger charge is -2.04. The molecule has 0 saturated heterocycles. The third-order valence-corrected chi connectivity index (χ3v) is 3.10. The van der Waals surface area contributed by atoms with Crippen molar-refractivity contribution in [3.05, 3.63) is 0 Å². The van der Waals surface area contributed by atoms with Gasteiger partial charge in [0.05, 0.1) is 0 Å². The summed E-state index contributed by atoms with van der Waals surface area (Å²) >= 11 is 0. The second kappa shape index (κ2) is 1.72. The van der Waals surface area contributed by atoms with Crippen molar-refractivity contribution in [2.75, 3.05) is 6.54 Å². The standard InChI is InChI=1S/C8H15N/c9-6-7-1-2-8(5-7)3-4-8/h7H,1-6,9H2. The molecule has 0 aromatic heterocycles. The van der Waals surface area contributed by atoms with Gasteiger partial charge in [-0.3, -0.25) is 0 Å². The van der Waals surface area contributed by atoms with Crippen molar-refractivity contribution in [1.82, 2.24) is 0 Å². The maximum absolute atomic E-state index is 5.58.